The van der Waals surface area contributed by atoms with E-state index >= 15 is 0 Å². The van der Waals surface area contributed by atoms with Crippen LogP contribution in [0.15, 0.2) is 61.2 Å². The van der Waals surface area contributed by atoms with E-state index in [2.05, 4.69) is 25.6 Å². The lowest BCUT2D eigenvalue weighted by Crippen LogP contribution is -2.49. The highest BCUT2D eigenvalue weighted by Gasteiger charge is 2.58. The van der Waals surface area contributed by atoms with E-state index in [-0.39, 0.29) is 35.5 Å². The molecule has 3 aliphatic rings. The summed E-state index contributed by atoms with van der Waals surface area (Å²) in [6, 6.07) is 10.1. The second-order valence-corrected chi connectivity index (χ2v) is 10.7. The zero-order valence-electron chi connectivity index (χ0n) is 23.2. The number of nitrogens with one attached hydrogen (secondary N) is 2. The van der Waals surface area contributed by atoms with Gasteiger partial charge in [-0.15, -0.1) is 0 Å². The number of carbonyl (C=O) groups excluding carboxylic acids is 2. The molecule has 4 aromatic rings. The number of aromatic nitrogens is 4. The van der Waals surface area contributed by atoms with Gasteiger partial charge in [0.1, 0.15) is 36.2 Å². The van der Waals surface area contributed by atoms with Gasteiger partial charge in [-0.25, -0.2) is 33.3 Å². The number of aliphatic carboxylic acids is 1. The molecule has 45 heavy (non-hydrogen) atoms. The number of amides is 3. The summed E-state index contributed by atoms with van der Waals surface area (Å²) in [7, 11) is 0. The van der Waals surface area contributed by atoms with E-state index in [1.54, 1.807) is 24.3 Å². The molecule has 3 saturated heterocycles. The number of carboxylic acid groups (broad SMARTS) is 1. The monoisotopic (exact) mass is 621 g/mol. The fraction of sp³-hybridized carbons (Fsp3) is 0.310. The Labute approximate surface area is 252 Å². The molecule has 0 spiro atoms. The van der Waals surface area contributed by atoms with Crippen molar-refractivity contribution in [3.63, 3.8) is 0 Å². The number of imidazole rings is 1. The molecule has 232 valence electrons. The van der Waals surface area contributed by atoms with Gasteiger partial charge in [-0.3, -0.25) is 14.7 Å². The van der Waals surface area contributed by atoms with E-state index in [4.69, 9.17) is 14.2 Å². The van der Waals surface area contributed by atoms with Crippen LogP contribution in [0, 0.1) is 11.6 Å². The molecule has 0 saturated carbocycles. The number of anilines is 2. The van der Waals surface area contributed by atoms with E-state index < -0.39 is 66.4 Å². The second kappa shape index (κ2) is 11.5. The fourth-order valence-electron chi connectivity index (χ4n) is 5.88. The van der Waals surface area contributed by atoms with Crippen LogP contribution in [-0.2, 0) is 23.8 Å². The van der Waals surface area contributed by atoms with Gasteiger partial charge >= 0.3 is 12.0 Å². The zero-order valence-corrected chi connectivity index (χ0v) is 23.2. The smallest absolute Gasteiger partial charge is 0.326 e. The maximum atomic E-state index is 14.7. The Morgan fingerprint density at radius 3 is 2.53 bits per heavy atom. The van der Waals surface area contributed by atoms with E-state index in [9.17, 15) is 28.3 Å². The fourth-order valence-corrected chi connectivity index (χ4v) is 5.88. The topological polar surface area (TPSA) is 170 Å². The first-order valence-electron chi connectivity index (χ1n) is 14.0. The number of likely N-dealkylation sites (tertiary alicyclic amines) is 1. The maximum absolute atomic E-state index is 14.7. The molecule has 2 aromatic carbocycles. The Kier molecular flexibility index (Phi) is 7.31. The first-order chi connectivity index (χ1) is 21.8. The van der Waals surface area contributed by atoms with Gasteiger partial charge in [-0.2, -0.15) is 0 Å². The Hall–Kier alpha value is -5.06. The number of fused-ring (bicyclic) bond motifs is 2. The molecule has 6 unspecified atom stereocenters. The number of carboxylic acids is 1. The minimum atomic E-state index is -1.33. The van der Waals surface area contributed by atoms with Crippen LogP contribution >= 0.6 is 0 Å². The molecule has 14 nitrogen and oxygen atoms in total. The van der Waals surface area contributed by atoms with Crippen LogP contribution in [0.2, 0.25) is 0 Å². The first kappa shape index (κ1) is 28.7. The van der Waals surface area contributed by atoms with E-state index in [0.717, 1.165) is 6.07 Å². The standard InChI is InChI=1S/C29H25F2N7O7/c30-14-8-9-16(17(31)11-14)28-44-20-21(25(39)37-10-4-7-18(37)27(40)41)43-26(22(20)45-28)38-13-34-19-23(32-12-33-24(19)38)36-29(42)35-15-5-2-1-3-6-15/h1-3,5-6,8-9,11-13,18,20-22,26,28H,4,7,10H2,(H,40,41)(H2,32,33,35,36,42). The lowest BCUT2D eigenvalue weighted by molar-refractivity contribution is -0.172. The third-order valence-corrected chi connectivity index (χ3v) is 7.93. The molecule has 0 radical (unpaired) electrons. The number of para-hydroxylation sites is 1. The summed E-state index contributed by atoms with van der Waals surface area (Å²) >= 11 is 0. The number of urea groups is 1. The molecule has 5 heterocycles. The van der Waals surface area contributed by atoms with Crippen LogP contribution in [0.25, 0.3) is 11.2 Å². The molecule has 3 N–H and O–H groups in total. The third-order valence-electron chi connectivity index (χ3n) is 7.93. The highest BCUT2D eigenvalue weighted by Crippen LogP contribution is 2.46. The molecular weight excluding hydrogens is 596 g/mol. The van der Waals surface area contributed by atoms with Crippen molar-refractivity contribution in [3.8, 4) is 0 Å². The van der Waals surface area contributed by atoms with Crippen molar-refractivity contribution in [3.05, 3.63) is 78.4 Å². The van der Waals surface area contributed by atoms with Gasteiger partial charge in [-0.05, 0) is 37.1 Å². The number of benzene rings is 2. The van der Waals surface area contributed by atoms with Gasteiger partial charge in [-0.1, -0.05) is 18.2 Å². The van der Waals surface area contributed by atoms with Crippen molar-refractivity contribution in [1.82, 2.24) is 24.4 Å². The minimum absolute atomic E-state index is 0.0885. The summed E-state index contributed by atoms with van der Waals surface area (Å²) < 4.78 is 48.1. The molecule has 0 aliphatic carbocycles. The van der Waals surface area contributed by atoms with Gasteiger partial charge < -0.3 is 29.5 Å². The van der Waals surface area contributed by atoms with Crippen LogP contribution in [0.5, 0.6) is 0 Å². The van der Waals surface area contributed by atoms with Gasteiger partial charge in [0.2, 0.25) is 0 Å². The number of carbonyl (C=O) groups is 3. The number of nitrogens with zero attached hydrogens (tertiary/aromatic N) is 5. The van der Waals surface area contributed by atoms with E-state index in [0.29, 0.717) is 18.2 Å². The molecule has 3 amide bonds. The molecule has 7 rings (SSSR count). The van der Waals surface area contributed by atoms with Crippen molar-refractivity contribution >= 4 is 40.6 Å². The summed E-state index contributed by atoms with van der Waals surface area (Å²) in [5.74, 6) is -3.37. The number of hydrogen-bond donors (Lipinski definition) is 3. The van der Waals surface area contributed by atoms with Gasteiger partial charge in [0.25, 0.3) is 5.91 Å². The summed E-state index contributed by atoms with van der Waals surface area (Å²) in [5, 5.41) is 15.0. The van der Waals surface area contributed by atoms with Crippen LogP contribution in [0.4, 0.5) is 25.1 Å². The van der Waals surface area contributed by atoms with Crippen molar-refractivity contribution < 1.29 is 42.5 Å². The normalized spacial score (nSPS) is 25.8. The summed E-state index contributed by atoms with van der Waals surface area (Å²) in [4.78, 5) is 52.3. The van der Waals surface area contributed by atoms with Crippen LogP contribution in [0.3, 0.4) is 0 Å². The average molecular weight is 622 g/mol. The largest absolute Gasteiger partial charge is 0.480 e. The number of rotatable bonds is 6. The Bertz CT molecular complexity index is 1790. The lowest BCUT2D eigenvalue weighted by atomic mass is 10.1. The Balaban J connectivity index is 1.20. The summed E-state index contributed by atoms with van der Waals surface area (Å²) in [6.45, 7) is 0.204. The first-order valence-corrected chi connectivity index (χ1v) is 14.0. The Morgan fingerprint density at radius 2 is 1.76 bits per heavy atom. The van der Waals surface area contributed by atoms with Crippen molar-refractivity contribution in [2.75, 3.05) is 17.2 Å². The molecule has 6 atom stereocenters. The van der Waals surface area contributed by atoms with E-state index in [1.807, 2.05) is 6.07 Å². The highest BCUT2D eigenvalue weighted by atomic mass is 19.1. The van der Waals surface area contributed by atoms with Crippen molar-refractivity contribution in [2.24, 2.45) is 0 Å². The average Bonchev–Trinajstić information content (AvgIpc) is 3.81. The zero-order chi connectivity index (χ0) is 31.2. The Morgan fingerprint density at radius 1 is 0.956 bits per heavy atom. The van der Waals surface area contributed by atoms with Gasteiger partial charge in [0, 0.05) is 23.9 Å². The molecule has 0 bridgehead atoms. The lowest BCUT2D eigenvalue weighted by Gasteiger charge is -2.27. The number of halogens is 2. The molecule has 3 aliphatic heterocycles. The molecule has 2 aromatic heterocycles. The third kappa shape index (κ3) is 5.22. The highest BCUT2D eigenvalue weighted by molar-refractivity contribution is 6.02. The maximum Gasteiger partial charge on any atom is 0.326 e. The van der Waals surface area contributed by atoms with Gasteiger partial charge in [0.15, 0.2) is 35.6 Å². The van der Waals surface area contributed by atoms with Crippen LogP contribution in [-0.4, -0.2) is 78.3 Å². The number of ether oxygens (including phenoxy) is 3. The molecule has 3 fully saturated rings. The SMILES string of the molecule is O=C(Nc1ccccc1)Nc1ncnc2c1ncn2C1OC(C(=O)N2CCCC2C(=O)O)C2OC(c3ccc(F)cc3F)OC21. The van der Waals surface area contributed by atoms with Gasteiger partial charge in [0.05, 0.1) is 6.33 Å². The predicted molar refractivity (Wildman–Crippen MR) is 150 cm³/mol. The quantitative estimate of drug-likeness (QED) is 0.291. The predicted octanol–water partition coefficient (Wildman–Crippen LogP) is 3.20. The molecular formula is C29H25F2N7O7. The molecule has 16 heteroatoms. The van der Waals surface area contributed by atoms with Crippen LogP contribution in [0.1, 0.15) is 30.9 Å². The van der Waals surface area contributed by atoms with Crippen molar-refractivity contribution in [2.45, 2.75) is 49.7 Å². The summed E-state index contributed by atoms with van der Waals surface area (Å²) in [6.07, 6.45) is -2.54. The second-order valence-electron chi connectivity index (χ2n) is 10.7. The summed E-state index contributed by atoms with van der Waals surface area (Å²) in [5.41, 5.74) is 0.872. The number of hydrogen-bond acceptors (Lipinski definition) is 9. The van der Waals surface area contributed by atoms with Crippen LogP contribution < -0.4 is 10.6 Å². The van der Waals surface area contributed by atoms with Crippen molar-refractivity contribution in [1.29, 1.82) is 0 Å². The minimum Gasteiger partial charge on any atom is -0.480 e. The van der Waals surface area contributed by atoms with E-state index in [1.165, 1.54) is 28.2 Å².